The third kappa shape index (κ3) is 1.68. The summed E-state index contributed by atoms with van der Waals surface area (Å²) in [7, 11) is 0. The number of hydrogen-bond donors (Lipinski definition) is 2. The van der Waals surface area contributed by atoms with E-state index in [1.165, 1.54) is 11.0 Å². The Morgan fingerprint density at radius 2 is 2.64 bits per heavy atom. The van der Waals surface area contributed by atoms with E-state index < -0.39 is 0 Å². The van der Waals surface area contributed by atoms with Crippen molar-refractivity contribution in [1.29, 1.82) is 0 Å². The lowest BCUT2D eigenvalue weighted by Gasteiger charge is -2.06. The van der Waals surface area contributed by atoms with Crippen LogP contribution in [0.4, 0.5) is 0 Å². The van der Waals surface area contributed by atoms with Crippen LogP contribution in [0.1, 0.15) is 19.4 Å². The van der Waals surface area contributed by atoms with Gasteiger partial charge in [0, 0.05) is 6.61 Å². The average Bonchev–Trinajstić information content (AvgIpc) is 2.36. The second-order valence-corrected chi connectivity index (χ2v) is 2.40. The molecule has 1 rings (SSSR count). The summed E-state index contributed by atoms with van der Waals surface area (Å²) in [5, 5.41) is 12.3. The fourth-order valence-corrected chi connectivity index (χ4v) is 0.888. The number of nitrogens with zero attached hydrogens (tertiary/aromatic N) is 2. The monoisotopic (exact) mass is 157 g/mol. The molecular formula is C6H11N3O2. The Morgan fingerprint density at radius 1 is 1.91 bits per heavy atom. The highest BCUT2D eigenvalue weighted by atomic mass is 16.3. The van der Waals surface area contributed by atoms with E-state index in [0.717, 1.165) is 0 Å². The van der Waals surface area contributed by atoms with E-state index in [4.69, 9.17) is 5.11 Å². The third-order valence-electron chi connectivity index (χ3n) is 1.54. The molecule has 0 saturated heterocycles. The molecule has 0 bridgehead atoms. The van der Waals surface area contributed by atoms with Gasteiger partial charge in [0.05, 0.1) is 6.04 Å². The summed E-state index contributed by atoms with van der Waals surface area (Å²) in [5.41, 5.74) is -0.231. The lowest BCUT2D eigenvalue weighted by Crippen LogP contribution is -2.22. The standard InChI is InChI=1S/C6H11N3O2/c1-5(2-3-10)9-6(11)7-4-8-9/h4-5,10H,2-3H2,1H3,(H,7,8,11)/t5-/m1/s1. The van der Waals surface area contributed by atoms with Gasteiger partial charge in [-0.1, -0.05) is 0 Å². The quantitative estimate of drug-likeness (QED) is 0.622. The van der Waals surface area contributed by atoms with Gasteiger partial charge < -0.3 is 5.11 Å². The zero-order chi connectivity index (χ0) is 8.27. The molecule has 0 radical (unpaired) electrons. The van der Waals surface area contributed by atoms with Gasteiger partial charge in [0.25, 0.3) is 0 Å². The molecule has 0 saturated carbocycles. The van der Waals surface area contributed by atoms with Gasteiger partial charge in [0.1, 0.15) is 6.33 Å². The average molecular weight is 157 g/mol. The zero-order valence-corrected chi connectivity index (χ0v) is 6.32. The van der Waals surface area contributed by atoms with Crippen LogP contribution >= 0.6 is 0 Å². The fourth-order valence-electron chi connectivity index (χ4n) is 0.888. The molecule has 0 amide bonds. The summed E-state index contributed by atoms with van der Waals surface area (Å²) in [6.07, 6.45) is 1.89. The first-order valence-electron chi connectivity index (χ1n) is 3.48. The molecule has 62 valence electrons. The van der Waals surface area contributed by atoms with E-state index in [1.54, 1.807) is 0 Å². The van der Waals surface area contributed by atoms with Crippen LogP contribution in [0.2, 0.25) is 0 Å². The van der Waals surface area contributed by atoms with E-state index in [-0.39, 0.29) is 18.3 Å². The van der Waals surface area contributed by atoms with E-state index >= 15 is 0 Å². The molecule has 1 aromatic rings. The minimum absolute atomic E-state index is 0.0428. The highest BCUT2D eigenvalue weighted by molar-refractivity contribution is 4.66. The van der Waals surface area contributed by atoms with Crippen molar-refractivity contribution >= 4 is 0 Å². The predicted octanol–water partition coefficient (Wildman–Crippen LogP) is -0.485. The van der Waals surface area contributed by atoms with Crippen LogP contribution in [0, 0.1) is 0 Å². The molecule has 0 aliphatic carbocycles. The Kier molecular flexibility index (Phi) is 2.43. The molecule has 0 aliphatic heterocycles. The maximum Gasteiger partial charge on any atom is 0.343 e. The van der Waals surface area contributed by atoms with Crippen LogP contribution in [0.3, 0.4) is 0 Å². The van der Waals surface area contributed by atoms with Gasteiger partial charge in [-0.25, -0.2) is 9.48 Å². The highest BCUT2D eigenvalue weighted by Crippen LogP contribution is 2.02. The van der Waals surface area contributed by atoms with Crippen molar-refractivity contribution in [1.82, 2.24) is 14.8 Å². The van der Waals surface area contributed by atoms with Crippen molar-refractivity contribution in [3.63, 3.8) is 0 Å². The van der Waals surface area contributed by atoms with Crippen LogP contribution < -0.4 is 5.69 Å². The molecule has 1 heterocycles. The van der Waals surface area contributed by atoms with Crippen LogP contribution in [0.5, 0.6) is 0 Å². The molecule has 11 heavy (non-hydrogen) atoms. The minimum atomic E-state index is -0.231. The summed E-state index contributed by atoms with van der Waals surface area (Å²) >= 11 is 0. The van der Waals surface area contributed by atoms with E-state index in [9.17, 15) is 4.79 Å². The molecule has 0 fully saturated rings. The topological polar surface area (TPSA) is 70.9 Å². The third-order valence-corrected chi connectivity index (χ3v) is 1.54. The van der Waals surface area contributed by atoms with Crippen molar-refractivity contribution in [2.45, 2.75) is 19.4 Å². The minimum Gasteiger partial charge on any atom is -0.396 e. The number of nitrogens with one attached hydrogen (secondary N) is 1. The smallest absolute Gasteiger partial charge is 0.343 e. The van der Waals surface area contributed by atoms with E-state index in [0.29, 0.717) is 6.42 Å². The molecule has 0 unspecified atom stereocenters. The highest BCUT2D eigenvalue weighted by Gasteiger charge is 2.06. The number of aromatic nitrogens is 3. The SMILES string of the molecule is C[C@H](CCO)n1nc[nH]c1=O. The molecule has 1 aromatic heterocycles. The second-order valence-electron chi connectivity index (χ2n) is 2.40. The van der Waals surface area contributed by atoms with E-state index in [1.807, 2.05) is 6.92 Å². The van der Waals surface area contributed by atoms with Crippen molar-refractivity contribution in [3.8, 4) is 0 Å². The summed E-state index contributed by atoms with van der Waals surface area (Å²) in [6, 6.07) is -0.0428. The van der Waals surface area contributed by atoms with Crippen LogP contribution in [-0.4, -0.2) is 26.5 Å². The zero-order valence-electron chi connectivity index (χ0n) is 6.32. The Balaban J connectivity index is 2.75. The maximum atomic E-state index is 10.9. The fraction of sp³-hybridized carbons (Fsp3) is 0.667. The van der Waals surface area contributed by atoms with Crippen molar-refractivity contribution in [2.75, 3.05) is 6.61 Å². The number of H-pyrrole nitrogens is 1. The summed E-state index contributed by atoms with van der Waals surface area (Å²) in [4.78, 5) is 13.3. The van der Waals surface area contributed by atoms with Gasteiger partial charge in [0.15, 0.2) is 0 Å². The van der Waals surface area contributed by atoms with Crippen LogP contribution in [0.25, 0.3) is 0 Å². The van der Waals surface area contributed by atoms with Gasteiger partial charge in [-0.15, -0.1) is 0 Å². The molecular weight excluding hydrogens is 146 g/mol. The first-order chi connectivity index (χ1) is 5.25. The van der Waals surface area contributed by atoms with Crippen molar-refractivity contribution in [3.05, 3.63) is 16.8 Å². The number of hydrogen-bond acceptors (Lipinski definition) is 3. The van der Waals surface area contributed by atoms with Gasteiger partial charge in [-0.2, -0.15) is 5.10 Å². The summed E-state index contributed by atoms with van der Waals surface area (Å²) < 4.78 is 1.32. The molecule has 1 atom stereocenters. The Hall–Kier alpha value is -1.10. The van der Waals surface area contributed by atoms with E-state index in [2.05, 4.69) is 10.1 Å². The number of aliphatic hydroxyl groups is 1. The molecule has 5 nitrogen and oxygen atoms in total. The van der Waals surface area contributed by atoms with Crippen LogP contribution in [-0.2, 0) is 0 Å². The van der Waals surface area contributed by atoms with Gasteiger partial charge in [-0.05, 0) is 13.3 Å². The Morgan fingerprint density at radius 3 is 3.09 bits per heavy atom. The van der Waals surface area contributed by atoms with Gasteiger partial charge in [0.2, 0.25) is 0 Å². The molecule has 0 aromatic carbocycles. The predicted molar refractivity (Wildman–Crippen MR) is 39.3 cm³/mol. The Labute approximate surface area is 63.7 Å². The first-order valence-corrected chi connectivity index (χ1v) is 3.48. The Bertz CT molecular complexity index is 265. The van der Waals surface area contributed by atoms with Crippen molar-refractivity contribution < 1.29 is 5.11 Å². The van der Waals surface area contributed by atoms with Crippen molar-refractivity contribution in [2.24, 2.45) is 0 Å². The molecule has 2 N–H and O–H groups in total. The molecule has 0 aliphatic rings. The van der Waals surface area contributed by atoms with Gasteiger partial charge >= 0.3 is 5.69 Å². The molecule has 0 spiro atoms. The normalized spacial score (nSPS) is 13.3. The second kappa shape index (κ2) is 3.34. The summed E-state index contributed by atoms with van der Waals surface area (Å²) in [6.45, 7) is 1.90. The maximum absolute atomic E-state index is 10.9. The van der Waals surface area contributed by atoms with Crippen LogP contribution in [0.15, 0.2) is 11.1 Å². The number of aliphatic hydroxyl groups excluding tert-OH is 1. The van der Waals surface area contributed by atoms with Gasteiger partial charge in [-0.3, -0.25) is 4.98 Å². The number of aromatic amines is 1. The number of rotatable bonds is 3. The first kappa shape index (κ1) is 8.00. The summed E-state index contributed by atoms with van der Waals surface area (Å²) in [5.74, 6) is 0. The lowest BCUT2D eigenvalue weighted by molar-refractivity contribution is 0.256. The largest absolute Gasteiger partial charge is 0.396 e. The lowest BCUT2D eigenvalue weighted by atomic mass is 10.2. The molecule has 5 heteroatoms.